The molecule has 5 nitrogen and oxygen atoms in total. The molecule has 28 heavy (non-hydrogen) atoms. The summed E-state index contributed by atoms with van der Waals surface area (Å²) in [5.74, 6) is 0.989. The highest BCUT2D eigenvalue weighted by molar-refractivity contribution is 5.80. The van der Waals surface area contributed by atoms with E-state index in [0.717, 1.165) is 24.2 Å². The quantitative estimate of drug-likeness (QED) is 0.710. The van der Waals surface area contributed by atoms with Crippen LogP contribution in [-0.2, 0) is 11.2 Å². The lowest BCUT2D eigenvalue weighted by molar-refractivity contribution is -0.134. The number of carbonyl (C=O) groups excluding carboxylic acids is 1. The van der Waals surface area contributed by atoms with E-state index in [4.69, 9.17) is 4.42 Å². The number of rotatable bonds is 4. The Labute approximate surface area is 162 Å². The third-order valence-corrected chi connectivity index (χ3v) is 6.27. The van der Waals surface area contributed by atoms with E-state index in [1.54, 1.807) is 12.4 Å². The molecule has 0 bridgehead atoms. The summed E-state index contributed by atoms with van der Waals surface area (Å²) < 4.78 is 20.1. The van der Waals surface area contributed by atoms with E-state index < -0.39 is 6.04 Å². The Morgan fingerprint density at radius 3 is 3.00 bits per heavy atom. The van der Waals surface area contributed by atoms with Gasteiger partial charge in [0, 0.05) is 30.5 Å². The predicted octanol–water partition coefficient (Wildman–Crippen LogP) is 4.74. The van der Waals surface area contributed by atoms with Gasteiger partial charge in [0.2, 0.25) is 5.91 Å². The van der Waals surface area contributed by atoms with Crippen LogP contribution in [0.4, 0.5) is 4.39 Å². The highest BCUT2D eigenvalue weighted by atomic mass is 19.1. The Kier molecular flexibility index (Phi) is 4.41. The fourth-order valence-electron chi connectivity index (χ4n) is 4.79. The van der Waals surface area contributed by atoms with Crippen LogP contribution in [0.3, 0.4) is 0 Å². The standard InChI is InChI=1S/C22H24FN3O2/c23-16-7-3-6-15-12-18(28-22(15)16)21-20-17(24-13-25-20)10-11-26(21)19(27)9-8-14-4-1-2-5-14/h3,6-7,12-14,21H,1-2,4-5,8-11H2,(H,24,25)/t21-/m1/s1. The Hall–Kier alpha value is -2.63. The number of nitrogens with one attached hydrogen (secondary N) is 1. The molecule has 1 aromatic carbocycles. The van der Waals surface area contributed by atoms with Crippen molar-refractivity contribution in [2.24, 2.45) is 5.92 Å². The van der Waals surface area contributed by atoms with Gasteiger partial charge in [-0.15, -0.1) is 0 Å². The van der Waals surface area contributed by atoms with E-state index in [1.807, 2.05) is 17.0 Å². The van der Waals surface area contributed by atoms with Crippen LogP contribution in [-0.4, -0.2) is 27.3 Å². The maximum Gasteiger partial charge on any atom is 0.223 e. The van der Waals surface area contributed by atoms with Crippen LogP contribution >= 0.6 is 0 Å². The number of hydrogen-bond donors (Lipinski definition) is 1. The van der Waals surface area contributed by atoms with Gasteiger partial charge in [0.05, 0.1) is 12.0 Å². The number of aromatic nitrogens is 2. The zero-order chi connectivity index (χ0) is 19.1. The van der Waals surface area contributed by atoms with Gasteiger partial charge in [0.15, 0.2) is 11.4 Å². The van der Waals surface area contributed by atoms with E-state index >= 15 is 0 Å². The summed E-state index contributed by atoms with van der Waals surface area (Å²) in [6.45, 7) is 0.614. The van der Waals surface area contributed by atoms with Crippen LogP contribution in [0, 0.1) is 11.7 Å². The molecule has 1 N–H and O–H groups in total. The SMILES string of the molecule is O=C(CCC1CCCC1)N1CCc2[nH]cnc2[C@H]1c1cc2cccc(F)c2o1. The smallest absolute Gasteiger partial charge is 0.223 e. The van der Waals surface area contributed by atoms with Crippen molar-refractivity contribution in [1.29, 1.82) is 0 Å². The zero-order valence-corrected chi connectivity index (χ0v) is 15.8. The van der Waals surface area contributed by atoms with Crippen LogP contribution in [0.1, 0.15) is 61.7 Å². The largest absolute Gasteiger partial charge is 0.455 e. The van der Waals surface area contributed by atoms with E-state index in [2.05, 4.69) is 9.97 Å². The van der Waals surface area contributed by atoms with Gasteiger partial charge in [-0.2, -0.15) is 0 Å². The molecule has 0 radical (unpaired) electrons. The lowest BCUT2D eigenvalue weighted by Crippen LogP contribution is -2.40. The predicted molar refractivity (Wildman–Crippen MR) is 103 cm³/mol. The first-order chi connectivity index (χ1) is 13.7. The molecule has 0 spiro atoms. The van der Waals surface area contributed by atoms with Crippen LogP contribution in [0.15, 0.2) is 35.0 Å². The minimum atomic E-state index is -0.405. The summed E-state index contributed by atoms with van der Waals surface area (Å²) in [5.41, 5.74) is 2.06. The Morgan fingerprint density at radius 1 is 1.32 bits per heavy atom. The number of halogens is 1. The molecule has 1 fully saturated rings. The second kappa shape index (κ2) is 7.08. The van der Waals surface area contributed by atoms with Crippen molar-refractivity contribution in [3.8, 4) is 0 Å². The minimum absolute atomic E-state index is 0.131. The van der Waals surface area contributed by atoms with Gasteiger partial charge in [0.1, 0.15) is 11.8 Å². The third-order valence-electron chi connectivity index (χ3n) is 6.27. The molecule has 0 saturated heterocycles. The van der Waals surface area contributed by atoms with E-state index in [-0.39, 0.29) is 17.3 Å². The maximum atomic E-state index is 14.2. The van der Waals surface area contributed by atoms with Gasteiger partial charge >= 0.3 is 0 Å². The highest BCUT2D eigenvalue weighted by Gasteiger charge is 2.36. The van der Waals surface area contributed by atoms with Crippen molar-refractivity contribution in [3.05, 3.63) is 53.6 Å². The molecule has 1 aliphatic heterocycles. The molecule has 3 aromatic rings. The average Bonchev–Trinajstić information content (AvgIpc) is 3.45. The molecule has 1 aliphatic carbocycles. The normalized spacial score (nSPS) is 20.0. The molecule has 1 amide bonds. The molecule has 3 heterocycles. The number of aromatic amines is 1. The van der Waals surface area contributed by atoms with Crippen LogP contribution in [0.25, 0.3) is 11.0 Å². The first kappa shape index (κ1) is 17.5. The summed E-state index contributed by atoms with van der Waals surface area (Å²) in [5, 5.41) is 0.705. The molecule has 1 atom stereocenters. The van der Waals surface area contributed by atoms with Gasteiger partial charge in [-0.1, -0.05) is 37.8 Å². The second-order valence-electron chi connectivity index (χ2n) is 8.00. The van der Waals surface area contributed by atoms with E-state index in [0.29, 0.717) is 30.0 Å². The monoisotopic (exact) mass is 381 g/mol. The number of imidazole rings is 1. The fourth-order valence-corrected chi connectivity index (χ4v) is 4.79. The lowest BCUT2D eigenvalue weighted by atomic mass is 9.97. The molecule has 2 aliphatic rings. The first-order valence-electron chi connectivity index (χ1n) is 10.2. The summed E-state index contributed by atoms with van der Waals surface area (Å²) in [6, 6.07) is 6.32. The highest BCUT2D eigenvalue weighted by Crippen LogP contribution is 2.37. The van der Waals surface area contributed by atoms with Crippen LogP contribution < -0.4 is 0 Å². The first-order valence-corrected chi connectivity index (χ1v) is 10.2. The fraction of sp³-hybridized carbons (Fsp3) is 0.455. The van der Waals surface area contributed by atoms with Crippen molar-refractivity contribution in [3.63, 3.8) is 0 Å². The van der Waals surface area contributed by atoms with E-state index in [1.165, 1.54) is 31.7 Å². The maximum absolute atomic E-state index is 14.2. The number of nitrogens with zero attached hydrogens (tertiary/aromatic N) is 2. The molecule has 1 saturated carbocycles. The molecular formula is C22H24FN3O2. The molecule has 6 heteroatoms. The number of benzene rings is 1. The number of amides is 1. The number of fused-ring (bicyclic) bond motifs is 2. The minimum Gasteiger partial charge on any atom is -0.455 e. The molecular weight excluding hydrogens is 357 g/mol. The van der Waals surface area contributed by atoms with Gasteiger partial charge in [-0.3, -0.25) is 4.79 Å². The Morgan fingerprint density at radius 2 is 2.18 bits per heavy atom. The second-order valence-corrected chi connectivity index (χ2v) is 8.00. The van der Waals surface area contributed by atoms with Crippen molar-refractivity contribution in [2.75, 3.05) is 6.54 Å². The number of H-pyrrole nitrogens is 1. The number of furan rings is 1. The van der Waals surface area contributed by atoms with Gasteiger partial charge in [-0.05, 0) is 24.5 Å². The molecule has 5 rings (SSSR count). The lowest BCUT2D eigenvalue weighted by Gasteiger charge is -2.34. The van der Waals surface area contributed by atoms with Crippen LogP contribution in [0.5, 0.6) is 0 Å². The topological polar surface area (TPSA) is 62.1 Å². The van der Waals surface area contributed by atoms with Crippen molar-refractivity contribution in [2.45, 2.75) is 51.0 Å². The molecule has 0 unspecified atom stereocenters. The van der Waals surface area contributed by atoms with Gasteiger partial charge in [-0.25, -0.2) is 9.37 Å². The molecule has 2 aromatic heterocycles. The summed E-state index contributed by atoms with van der Waals surface area (Å²) >= 11 is 0. The third kappa shape index (κ3) is 3.01. The van der Waals surface area contributed by atoms with Gasteiger partial charge in [0.25, 0.3) is 0 Å². The summed E-state index contributed by atoms with van der Waals surface area (Å²) in [7, 11) is 0. The Balaban J connectivity index is 1.47. The molecule has 146 valence electrons. The van der Waals surface area contributed by atoms with Crippen molar-refractivity contribution >= 4 is 16.9 Å². The Bertz CT molecular complexity index is 1000. The number of carbonyl (C=O) groups is 1. The summed E-state index contributed by atoms with van der Waals surface area (Å²) in [4.78, 5) is 22.6. The number of hydrogen-bond acceptors (Lipinski definition) is 3. The van der Waals surface area contributed by atoms with E-state index in [9.17, 15) is 9.18 Å². The summed E-state index contributed by atoms with van der Waals surface area (Å²) in [6.07, 6.45) is 8.95. The number of para-hydroxylation sites is 1. The van der Waals surface area contributed by atoms with Crippen LogP contribution in [0.2, 0.25) is 0 Å². The average molecular weight is 381 g/mol. The van der Waals surface area contributed by atoms with Crippen molar-refractivity contribution < 1.29 is 13.6 Å². The zero-order valence-electron chi connectivity index (χ0n) is 15.8. The van der Waals surface area contributed by atoms with Gasteiger partial charge < -0.3 is 14.3 Å². The van der Waals surface area contributed by atoms with Crippen molar-refractivity contribution in [1.82, 2.24) is 14.9 Å².